The molecule has 4 aromatic carbocycles. The van der Waals surface area contributed by atoms with Gasteiger partial charge in [0.1, 0.15) is 18.2 Å². The Balaban J connectivity index is 1.59. The van der Waals surface area contributed by atoms with Gasteiger partial charge in [-0.1, -0.05) is 90.6 Å². The molecule has 0 unspecified atom stereocenters. The molecule has 0 aliphatic carbocycles. The van der Waals surface area contributed by atoms with Crippen molar-refractivity contribution in [1.29, 1.82) is 0 Å². The Morgan fingerprint density at radius 2 is 1.33 bits per heavy atom. The number of nitro benzene ring substituents is 1. The summed E-state index contributed by atoms with van der Waals surface area (Å²) in [4.78, 5) is 67.2. The lowest BCUT2D eigenvalue weighted by atomic mass is 9.93. The van der Waals surface area contributed by atoms with Crippen LogP contribution >= 0.6 is 35.3 Å². The number of β-lactam (4-membered cyclic amide) rings is 1. The molecule has 0 spiro atoms. The van der Waals surface area contributed by atoms with Gasteiger partial charge in [0.25, 0.3) is 5.69 Å². The molecule has 1 aliphatic rings. The second-order valence-corrected chi connectivity index (χ2v) is 13.8. The van der Waals surface area contributed by atoms with Gasteiger partial charge in [-0.2, -0.15) is 0 Å². The van der Waals surface area contributed by atoms with Crippen LogP contribution in [0, 0.1) is 16.0 Å². The first-order valence-electron chi connectivity index (χ1n) is 14.5. The van der Waals surface area contributed by atoms with E-state index in [1.165, 1.54) is 31.2 Å². The van der Waals surface area contributed by atoms with E-state index in [9.17, 15) is 33.7 Å². The first-order valence-corrected chi connectivity index (χ1v) is 17.0. The highest BCUT2D eigenvalue weighted by Crippen LogP contribution is 2.48. The lowest BCUT2D eigenvalue weighted by molar-refractivity contribution is -0.384. The van der Waals surface area contributed by atoms with Crippen molar-refractivity contribution in [2.45, 2.75) is 30.0 Å². The van der Waals surface area contributed by atoms with Gasteiger partial charge in [-0.05, 0) is 60.3 Å². The SMILES string of the molecule is C[C@H](F)[C@H]1C(=O)N(C(C(=O)OCc2ccc([N+](=O)[O-])cc2)=C(SC(=O)c2ccccc2)SC(=O)c2ccccc2)[C@H]1Sc1ccccc1. The fourth-order valence-electron chi connectivity index (χ4n) is 4.68. The molecule has 0 aromatic heterocycles. The molecule has 1 saturated heterocycles. The van der Waals surface area contributed by atoms with Crippen LogP contribution in [0.3, 0.4) is 0 Å². The molecule has 1 aliphatic heterocycles. The van der Waals surface area contributed by atoms with Crippen molar-refractivity contribution in [2.24, 2.45) is 5.92 Å². The highest BCUT2D eigenvalue weighted by Gasteiger charge is 2.55. The van der Waals surface area contributed by atoms with E-state index in [0.29, 0.717) is 34.0 Å². The average molecular weight is 703 g/mol. The van der Waals surface area contributed by atoms with Crippen LogP contribution in [0.2, 0.25) is 0 Å². The van der Waals surface area contributed by atoms with Crippen molar-refractivity contribution in [3.63, 3.8) is 0 Å². The maximum absolute atomic E-state index is 15.0. The van der Waals surface area contributed by atoms with Crippen LogP contribution in [0.25, 0.3) is 0 Å². The molecule has 13 heteroatoms. The van der Waals surface area contributed by atoms with Crippen molar-refractivity contribution in [2.75, 3.05) is 0 Å². The van der Waals surface area contributed by atoms with Gasteiger partial charge >= 0.3 is 5.97 Å². The van der Waals surface area contributed by atoms with Gasteiger partial charge in [0.15, 0.2) is 5.70 Å². The monoisotopic (exact) mass is 702 g/mol. The molecule has 3 atom stereocenters. The van der Waals surface area contributed by atoms with Crippen molar-refractivity contribution < 1.29 is 33.2 Å². The number of amides is 1. The summed E-state index contributed by atoms with van der Waals surface area (Å²) in [5, 5.41) is 9.16. The van der Waals surface area contributed by atoms with E-state index in [1.54, 1.807) is 91.0 Å². The van der Waals surface area contributed by atoms with Crippen molar-refractivity contribution in [3.05, 3.63) is 152 Å². The number of benzene rings is 4. The Morgan fingerprint density at radius 1 is 0.833 bits per heavy atom. The van der Waals surface area contributed by atoms with Crippen LogP contribution in [0.4, 0.5) is 10.1 Å². The van der Waals surface area contributed by atoms with Crippen LogP contribution < -0.4 is 0 Å². The zero-order chi connectivity index (χ0) is 34.2. The molecule has 1 amide bonds. The quantitative estimate of drug-likeness (QED) is 0.0473. The van der Waals surface area contributed by atoms with Gasteiger partial charge in [-0.3, -0.25) is 29.4 Å². The molecule has 48 heavy (non-hydrogen) atoms. The summed E-state index contributed by atoms with van der Waals surface area (Å²) < 4.78 is 20.5. The zero-order valence-corrected chi connectivity index (χ0v) is 27.7. The largest absolute Gasteiger partial charge is 0.456 e. The molecular formula is C35H27FN2O7S3. The third kappa shape index (κ3) is 8.22. The molecular weight excluding hydrogens is 676 g/mol. The van der Waals surface area contributed by atoms with Crippen molar-refractivity contribution in [3.8, 4) is 0 Å². The number of nitrogens with zero attached hydrogens (tertiary/aromatic N) is 2. The van der Waals surface area contributed by atoms with Crippen LogP contribution in [0.1, 0.15) is 33.2 Å². The van der Waals surface area contributed by atoms with Crippen LogP contribution in [-0.4, -0.2) is 43.5 Å². The number of carbonyl (C=O) groups is 4. The summed E-state index contributed by atoms with van der Waals surface area (Å²) in [6.45, 7) is 0.917. The van der Waals surface area contributed by atoms with Crippen LogP contribution in [0.15, 0.2) is 130 Å². The van der Waals surface area contributed by atoms with E-state index in [2.05, 4.69) is 0 Å². The van der Waals surface area contributed by atoms with Gasteiger partial charge in [-0.25, -0.2) is 9.18 Å². The smallest absolute Gasteiger partial charge is 0.357 e. The second-order valence-electron chi connectivity index (χ2n) is 10.4. The van der Waals surface area contributed by atoms with Crippen molar-refractivity contribution >= 4 is 63.1 Å². The Morgan fingerprint density at radius 3 is 1.81 bits per heavy atom. The molecule has 0 N–H and O–H groups in total. The topological polar surface area (TPSA) is 124 Å². The lowest BCUT2D eigenvalue weighted by Crippen LogP contribution is -2.62. The summed E-state index contributed by atoms with van der Waals surface area (Å²) in [5.41, 5.74) is 0.448. The number of halogens is 1. The van der Waals surface area contributed by atoms with E-state index in [0.717, 1.165) is 16.7 Å². The number of non-ortho nitro benzene ring substituents is 1. The number of thioether (sulfide) groups is 3. The van der Waals surface area contributed by atoms with E-state index < -0.39 is 44.5 Å². The van der Waals surface area contributed by atoms with Gasteiger partial charge in [-0.15, -0.1) is 0 Å². The summed E-state index contributed by atoms with van der Waals surface area (Å²) in [7, 11) is 0. The van der Waals surface area contributed by atoms with E-state index >= 15 is 0 Å². The van der Waals surface area contributed by atoms with Gasteiger partial charge in [0.2, 0.25) is 16.1 Å². The number of carbonyl (C=O) groups excluding carboxylic acids is 4. The Kier molecular flexibility index (Phi) is 11.5. The highest BCUT2D eigenvalue weighted by atomic mass is 32.2. The van der Waals surface area contributed by atoms with E-state index in [-0.39, 0.29) is 33.4 Å². The maximum Gasteiger partial charge on any atom is 0.357 e. The molecule has 5 rings (SSSR count). The normalized spacial score (nSPS) is 16.0. The zero-order valence-electron chi connectivity index (χ0n) is 25.3. The molecule has 0 radical (unpaired) electrons. The number of hydrogen-bond acceptors (Lipinski definition) is 10. The molecule has 4 aromatic rings. The van der Waals surface area contributed by atoms with E-state index in [1.807, 2.05) is 0 Å². The number of likely N-dealkylation sites (tertiary alicyclic amines) is 1. The fraction of sp³-hybridized carbons (Fsp3) is 0.143. The Labute approximate surface area is 288 Å². The van der Waals surface area contributed by atoms with E-state index in [4.69, 9.17) is 4.74 Å². The third-order valence-electron chi connectivity index (χ3n) is 7.11. The number of ether oxygens (including phenoxy) is 1. The Bertz CT molecular complexity index is 1790. The van der Waals surface area contributed by atoms with Crippen LogP contribution in [-0.2, 0) is 20.9 Å². The number of nitro groups is 1. The summed E-state index contributed by atoms with van der Waals surface area (Å²) in [6.07, 6.45) is -1.58. The molecule has 244 valence electrons. The van der Waals surface area contributed by atoms with Gasteiger partial charge in [0.05, 0.1) is 15.1 Å². The predicted molar refractivity (Wildman–Crippen MR) is 184 cm³/mol. The van der Waals surface area contributed by atoms with Gasteiger partial charge < -0.3 is 4.74 Å². The minimum absolute atomic E-state index is 0.122. The first-order chi connectivity index (χ1) is 23.1. The third-order valence-corrected chi connectivity index (χ3v) is 10.5. The fourth-order valence-corrected chi connectivity index (χ4v) is 8.08. The minimum atomic E-state index is -1.58. The first kappa shape index (κ1) is 34.6. The Hall–Kier alpha value is -4.72. The van der Waals surface area contributed by atoms with Crippen molar-refractivity contribution in [1.82, 2.24) is 4.90 Å². The highest BCUT2D eigenvalue weighted by molar-refractivity contribution is 8.35. The van der Waals surface area contributed by atoms with Gasteiger partial charge in [0, 0.05) is 28.2 Å². The summed E-state index contributed by atoms with van der Waals surface area (Å²) in [6, 6.07) is 30.7. The molecule has 9 nitrogen and oxygen atoms in total. The lowest BCUT2D eigenvalue weighted by Gasteiger charge is -2.47. The predicted octanol–water partition coefficient (Wildman–Crippen LogP) is 7.89. The standard InChI is InChI=1S/C35H27FN2O7S3/c1-22(36)28-30(39)37(31(28)46-27-15-9-4-10-16-27)29(32(40)45-21-23-17-19-26(20-18-23)38(43)44)35(47-33(41)24-11-5-2-6-12-24)48-34(42)25-13-7-3-8-14-25/h2-20,22,28,31H,21H2,1H3/t22-,28-,31-/m0/s1. The molecule has 1 heterocycles. The summed E-state index contributed by atoms with van der Waals surface area (Å²) in [5.74, 6) is -2.88. The number of alkyl halides is 1. The molecule has 1 fully saturated rings. The molecule has 0 saturated carbocycles. The summed E-state index contributed by atoms with van der Waals surface area (Å²) >= 11 is 2.35. The average Bonchev–Trinajstić information content (AvgIpc) is 3.10. The minimum Gasteiger partial charge on any atom is -0.456 e. The number of rotatable bonds is 12. The van der Waals surface area contributed by atoms with Crippen LogP contribution in [0.5, 0.6) is 0 Å². The number of esters is 1. The molecule has 0 bridgehead atoms. The second kappa shape index (κ2) is 15.9. The maximum atomic E-state index is 15.0. The number of hydrogen-bond donors (Lipinski definition) is 0.